The van der Waals surface area contributed by atoms with E-state index in [4.69, 9.17) is 16.8 Å². The van der Waals surface area contributed by atoms with Crippen LogP contribution < -0.4 is 5.32 Å². The van der Waals surface area contributed by atoms with Crippen molar-refractivity contribution in [1.82, 2.24) is 0 Å². The first-order chi connectivity index (χ1) is 6.63. The highest BCUT2D eigenvalue weighted by Gasteiger charge is 2.02. The van der Waals surface area contributed by atoms with Crippen LogP contribution >= 0.6 is 11.6 Å². The van der Waals surface area contributed by atoms with E-state index in [0.717, 1.165) is 6.07 Å². The lowest BCUT2D eigenvalue weighted by Gasteiger charge is -2.01. The Bertz CT molecular complexity index is 382. The van der Waals surface area contributed by atoms with Gasteiger partial charge in [-0.05, 0) is 18.2 Å². The second kappa shape index (κ2) is 4.57. The molecule has 6 heteroatoms. The summed E-state index contributed by atoms with van der Waals surface area (Å²) in [6, 6.07) is 3.71. The highest BCUT2D eigenvalue weighted by molar-refractivity contribution is 6.33. The lowest BCUT2D eigenvalue weighted by Crippen LogP contribution is -2.12. The monoisotopic (exact) mass is 216 g/mol. The minimum Gasteiger partial charge on any atom is -0.411 e. The topological polar surface area (TPSA) is 61.7 Å². The van der Waals surface area contributed by atoms with Crippen LogP contribution in [0.2, 0.25) is 5.02 Å². The molecule has 2 N–H and O–H groups in total. The van der Waals surface area contributed by atoms with Crippen LogP contribution in [0.3, 0.4) is 0 Å². The third-order valence-corrected chi connectivity index (χ3v) is 1.65. The predicted molar refractivity (Wildman–Crippen MR) is 50.3 cm³/mol. The number of carbonyl (C=O) groups is 1. The normalized spacial score (nSPS) is 10.4. The van der Waals surface area contributed by atoms with Gasteiger partial charge in [0.25, 0.3) is 5.91 Å². The van der Waals surface area contributed by atoms with Crippen LogP contribution in [0.5, 0.6) is 0 Å². The molecule has 0 aliphatic carbocycles. The van der Waals surface area contributed by atoms with Crippen LogP contribution in [0, 0.1) is 5.82 Å². The van der Waals surface area contributed by atoms with Gasteiger partial charge < -0.3 is 10.5 Å². The van der Waals surface area contributed by atoms with Gasteiger partial charge in [0.2, 0.25) is 0 Å². The minimum atomic E-state index is -0.629. The van der Waals surface area contributed by atoms with E-state index in [1.54, 1.807) is 0 Å². The Morgan fingerprint density at radius 1 is 1.64 bits per heavy atom. The number of carbonyl (C=O) groups excluding carboxylic acids is 1. The molecule has 0 aliphatic rings. The molecule has 1 amide bonds. The highest BCUT2D eigenvalue weighted by Crippen LogP contribution is 2.18. The van der Waals surface area contributed by atoms with E-state index in [0.29, 0.717) is 11.9 Å². The fourth-order valence-electron chi connectivity index (χ4n) is 0.801. The van der Waals surface area contributed by atoms with E-state index >= 15 is 0 Å². The molecule has 0 bridgehead atoms. The first-order valence-corrected chi connectivity index (χ1v) is 3.94. The molecule has 0 aliphatic heterocycles. The van der Waals surface area contributed by atoms with Gasteiger partial charge >= 0.3 is 0 Å². The Morgan fingerprint density at radius 3 is 2.93 bits per heavy atom. The zero-order valence-corrected chi connectivity index (χ0v) is 7.62. The second-order valence-corrected chi connectivity index (χ2v) is 2.77. The second-order valence-electron chi connectivity index (χ2n) is 2.36. The van der Waals surface area contributed by atoms with Gasteiger partial charge in [-0.1, -0.05) is 16.8 Å². The molecule has 0 fully saturated rings. The number of hydrogen-bond acceptors (Lipinski definition) is 3. The summed E-state index contributed by atoms with van der Waals surface area (Å²) in [5.41, 5.74) is 0.321. The summed E-state index contributed by atoms with van der Waals surface area (Å²) in [5, 5.41) is 12.8. The van der Waals surface area contributed by atoms with Crippen molar-refractivity contribution in [2.45, 2.75) is 0 Å². The Hall–Kier alpha value is -1.62. The highest BCUT2D eigenvalue weighted by atomic mass is 35.5. The van der Waals surface area contributed by atoms with Gasteiger partial charge in [-0.3, -0.25) is 4.79 Å². The van der Waals surface area contributed by atoms with Gasteiger partial charge in [0.05, 0.1) is 5.02 Å². The van der Waals surface area contributed by atoms with Crippen molar-refractivity contribution in [3.63, 3.8) is 0 Å². The smallest absolute Gasteiger partial charge is 0.270 e. The first kappa shape index (κ1) is 10.5. The molecule has 0 aromatic heterocycles. The number of hydrogen-bond donors (Lipinski definition) is 2. The van der Waals surface area contributed by atoms with E-state index < -0.39 is 11.7 Å². The van der Waals surface area contributed by atoms with Crippen molar-refractivity contribution in [1.29, 1.82) is 0 Å². The predicted octanol–water partition coefficient (Wildman–Crippen LogP) is 1.88. The van der Waals surface area contributed by atoms with Crippen LogP contribution in [0.15, 0.2) is 23.4 Å². The molecule has 0 unspecified atom stereocenters. The molecule has 74 valence electrons. The summed E-state index contributed by atoms with van der Waals surface area (Å²) in [7, 11) is 0. The number of nitrogens with zero attached hydrogens (tertiary/aromatic N) is 1. The molecule has 0 saturated heterocycles. The zero-order valence-electron chi connectivity index (χ0n) is 6.87. The van der Waals surface area contributed by atoms with Crippen molar-refractivity contribution in [3.8, 4) is 0 Å². The van der Waals surface area contributed by atoms with Gasteiger partial charge in [0.15, 0.2) is 0 Å². The summed E-state index contributed by atoms with van der Waals surface area (Å²) in [4.78, 5) is 10.9. The maximum atomic E-state index is 12.7. The largest absolute Gasteiger partial charge is 0.411 e. The van der Waals surface area contributed by atoms with Crippen LogP contribution in [-0.4, -0.2) is 17.3 Å². The maximum absolute atomic E-state index is 12.7. The maximum Gasteiger partial charge on any atom is 0.270 e. The molecule has 0 spiro atoms. The Kier molecular flexibility index (Phi) is 3.41. The average molecular weight is 217 g/mol. The fraction of sp³-hybridized carbons (Fsp3) is 0. The van der Waals surface area contributed by atoms with Gasteiger partial charge in [-0.15, -0.1) is 0 Å². The van der Waals surface area contributed by atoms with E-state index in [1.807, 2.05) is 0 Å². The molecule has 0 saturated carbocycles. The zero-order chi connectivity index (χ0) is 10.6. The van der Waals surface area contributed by atoms with Gasteiger partial charge in [0.1, 0.15) is 12.0 Å². The van der Waals surface area contributed by atoms with Crippen LogP contribution in [-0.2, 0) is 4.79 Å². The van der Waals surface area contributed by atoms with Crippen LogP contribution in [0.25, 0.3) is 0 Å². The Morgan fingerprint density at radius 2 is 2.36 bits per heavy atom. The summed E-state index contributed by atoms with van der Waals surface area (Å²) in [6.45, 7) is 0. The lowest BCUT2D eigenvalue weighted by atomic mass is 10.3. The Balaban J connectivity index is 2.78. The van der Waals surface area contributed by atoms with Gasteiger partial charge in [-0.25, -0.2) is 4.39 Å². The fourth-order valence-corrected chi connectivity index (χ4v) is 0.981. The third-order valence-electron chi connectivity index (χ3n) is 1.36. The van der Waals surface area contributed by atoms with Crippen LogP contribution in [0.4, 0.5) is 10.1 Å². The summed E-state index contributed by atoms with van der Waals surface area (Å²) >= 11 is 5.47. The standard InChI is InChI=1S/C8H6ClFN2O2/c9-6-3-5(1-2-7(6)10)12-8(13)4-11-14/h1-4,14H,(H,12,13)/b11-4-. The summed E-state index contributed by atoms with van der Waals surface area (Å²) in [6.07, 6.45) is 0.678. The quantitative estimate of drug-likeness (QED) is 0.450. The van der Waals surface area contributed by atoms with Gasteiger partial charge in [-0.2, -0.15) is 0 Å². The third kappa shape index (κ3) is 2.70. The number of anilines is 1. The van der Waals surface area contributed by atoms with Crippen molar-refractivity contribution in [3.05, 3.63) is 29.0 Å². The van der Waals surface area contributed by atoms with Crippen molar-refractivity contribution < 1.29 is 14.4 Å². The van der Waals surface area contributed by atoms with E-state index in [9.17, 15) is 9.18 Å². The number of oxime groups is 1. The molecule has 1 aromatic carbocycles. The van der Waals surface area contributed by atoms with E-state index in [2.05, 4.69) is 10.5 Å². The number of benzene rings is 1. The number of halogens is 2. The lowest BCUT2D eigenvalue weighted by molar-refractivity contribution is -0.110. The number of rotatable bonds is 2. The van der Waals surface area contributed by atoms with Crippen LogP contribution in [0.1, 0.15) is 0 Å². The van der Waals surface area contributed by atoms with Crippen molar-refractivity contribution in [2.24, 2.45) is 5.16 Å². The van der Waals surface area contributed by atoms with Crippen molar-refractivity contribution >= 4 is 29.4 Å². The summed E-state index contributed by atoms with van der Waals surface area (Å²) in [5.74, 6) is -1.20. The van der Waals surface area contributed by atoms with E-state index in [-0.39, 0.29) is 5.02 Å². The molecule has 1 rings (SSSR count). The van der Waals surface area contributed by atoms with E-state index in [1.165, 1.54) is 12.1 Å². The Labute approximate surface area is 84.0 Å². The molecule has 0 radical (unpaired) electrons. The SMILES string of the molecule is O=C(/C=N\O)Nc1ccc(F)c(Cl)c1. The van der Waals surface area contributed by atoms with Crippen molar-refractivity contribution in [2.75, 3.05) is 5.32 Å². The molecule has 14 heavy (non-hydrogen) atoms. The summed E-state index contributed by atoms with van der Waals surface area (Å²) < 4.78 is 12.7. The molecular formula is C8H6ClFN2O2. The number of nitrogens with one attached hydrogen (secondary N) is 1. The average Bonchev–Trinajstić information content (AvgIpc) is 2.12. The minimum absolute atomic E-state index is 0.0938. The number of amides is 1. The molecule has 0 atom stereocenters. The molecular weight excluding hydrogens is 211 g/mol. The molecule has 0 heterocycles. The molecule has 1 aromatic rings. The first-order valence-electron chi connectivity index (χ1n) is 3.57. The molecule has 4 nitrogen and oxygen atoms in total. The van der Waals surface area contributed by atoms with Gasteiger partial charge in [0, 0.05) is 5.69 Å².